The zero-order chi connectivity index (χ0) is 21.5. The van der Waals surface area contributed by atoms with Crippen molar-refractivity contribution in [2.45, 2.75) is 17.5 Å². The molecule has 12 heteroatoms. The topological polar surface area (TPSA) is 97.0 Å². The number of ether oxygens (including phenoxy) is 1. The van der Waals surface area contributed by atoms with Crippen LogP contribution in [0.25, 0.3) is 0 Å². The Hall–Kier alpha value is -2.15. The van der Waals surface area contributed by atoms with E-state index < -0.39 is 26.7 Å². The third kappa shape index (κ3) is 6.70. The number of amides is 1. The molecule has 1 aromatic rings. The molecule has 0 aromatic heterocycles. The number of hydrogen-bond acceptors (Lipinski definition) is 6. The Balaban J connectivity index is 1.90. The summed E-state index contributed by atoms with van der Waals surface area (Å²) in [6.07, 6.45) is -2.83. The molecule has 0 fully saturated rings. The van der Waals surface area contributed by atoms with E-state index in [1.807, 2.05) is 0 Å². The number of benzene rings is 1. The smallest absolute Gasteiger partial charge is 0.383 e. The van der Waals surface area contributed by atoms with E-state index in [1.165, 1.54) is 13.2 Å². The van der Waals surface area contributed by atoms with Crippen LogP contribution in [0.15, 0.2) is 40.9 Å². The summed E-state index contributed by atoms with van der Waals surface area (Å²) in [4.78, 5) is 16.1. The van der Waals surface area contributed by atoms with E-state index in [-0.39, 0.29) is 32.0 Å². The second kappa shape index (κ2) is 10.1. The summed E-state index contributed by atoms with van der Waals surface area (Å²) >= 11 is 0. The lowest BCUT2D eigenvalue weighted by atomic mass is 10.2. The molecule has 0 bridgehead atoms. The van der Waals surface area contributed by atoms with Gasteiger partial charge in [0.1, 0.15) is 0 Å². The molecule has 1 amide bonds. The van der Waals surface area contributed by atoms with Crippen molar-refractivity contribution in [3.63, 3.8) is 0 Å². The highest BCUT2D eigenvalue weighted by Crippen LogP contribution is 2.31. The number of halogens is 3. The van der Waals surface area contributed by atoms with Crippen LogP contribution in [0, 0.1) is 0 Å². The van der Waals surface area contributed by atoms with Crippen LogP contribution < -0.4 is 10.8 Å². The van der Waals surface area contributed by atoms with Crippen LogP contribution in [0.2, 0.25) is 0 Å². The summed E-state index contributed by atoms with van der Waals surface area (Å²) in [6.45, 7) is 0.503. The van der Waals surface area contributed by atoms with Crippen molar-refractivity contribution in [2.24, 2.45) is 0 Å². The third-order valence-corrected chi connectivity index (χ3v) is 5.87. The Morgan fingerprint density at radius 1 is 1.31 bits per heavy atom. The summed E-state index contributed by atoms with van der Waals surface area (Å²) in [5.41, 5.74) is 2.13. The molecule has 1 aromatic carbocycles. The molecule has 1 aliphatic heterocycles. The van der Waals surface area contributed by atoms with Gasteiger partial charge in [-0.2, -0.15) is 17.5 Å². The minimum atomic E-state index is -4.63. The molecule has 8 nitrogen and oxygen atoms in total. The molecule has 162 valence electrons. The maximum atomic E-state index is 12.8. The highest BCUT2D eigenvalue weighted by Gasteiger charge is 2.33. The maximum Gasteiger partial charge on any atom is 0.416 e. The number of carbonyl (C=O) groups is 1. The second-order valence-corrected chi connectivity index (χ2v) is 8.04. The van der Waals surface area contributed by atoms with E-state index in [4.69, 9.17) is 9.57 Å². The van der Waals surface area contributed by atoms with Gasteiger partial charge in [-0.15, -0.1) is 0 Å². The minimum Gasteiger partial charge on any atom is -0.383 e. The van der Waals surface area contributed by atoms with Gasteiger partial charge in [0, 0.05) is 38.9 Å². The van der Waals surface area contributed by atoms with Gasteiger partial charge in [0.2, 0.25) is 15.9 Å². The number of methoxy groups -OCH3 is 1. The molecule has 2 N–H and O–H groups in total. The first kappa shape index (κ1) is 23.1. The number of carbonyl (C=O) groups excluding carboxylic acids is 1. The van der Waals surface area contributed by atoms with Gasteiger partial charge in [-0.1, -0.05) is 6.07 Å². The quantitative estimate of drug-likeness (QED) is 0.446. The zero-order valence-electron chi connectivity index (χ0n) is 15.7. The molecule has 1 aliphatic rings. The highest BCUT2D eigenvalue weighted by molar-refractivity contribution is 7.89. The number of rotatable bonds is 9. The van der Waals surface area contributed by atoms with E-state index in [0.29, 0.717) is 24.9 Å². The van der Waals surface area contributed by atoms with Gasteiger partial charge in [0.05, 0.1) is 17.1 Å². The molecule has 0 atom stereocenters. The lowest BCUT2D eigenvalue weighted by molar-refractivity contribution is -0.137. The first-order chi connectivity index (χ1) is 13.6. The summed E-state index contributed by atoms with van der Waals surface area (Å²) in [5.74, 6) is -0.347. The summed E-state index contributed by atoms with van der Waals surface area (Å²) in [7, 11) is -2.56. The predicted molar refractivity (Wildman–Crippen MR) is 96.9 cm³/mol. The van der Waals surface area contributed by atoms with Crippen molar-refractivity contribution in [1.82, 2.24) is 15.1 Å². The monoisotopic (exact) mass is 437 g/mol. The van der Waals surface area contributed by atoms with Crippen molar-refractivity contribution in [1.29, 1.82) is 0 Å². The molecule has 0 spiro atoms. The summed E-state index contributed by atoms with van der Waals surface area (Å²) in [6, 6.07) is 3.64. The number of nitrogens with one attached hydrogen (secondary N) is 2. The standard InChI is InChI=1S/C17H22F3N3O5S/c1-27-10-7-21-16(24)12-28-22-14-5-8-23(9-6-14)29(25,26)15-4-2-3-13(11-15)17(18,19)20/h2-5,11,22H,6-10,12H2,1H3,(H,21,24). The van der Waals surface area contributed by atoms with Crippen molar-refractivity contribution < 1.29 is 36.0 Å². The molecule has 0 aliphatic carbocycles. The Morgan fingerprint density at radius 2 is 2.07 bits per heavy atom. The molecule has 29 heavy (non-hydrogen) atoms. The molecule has 0 unspecified atom stereocenters. The summed E-state index contributed by atoms with van der Waals surface area (Å²) < 4.78 is 69.6. The predicted octanol–water partition coefficient (Wildman–Crippen LogP) is 1.27. The molecule has 0 saturated heterocycles. The van der Waals surface area contributed by atoms with Crippen LogP contribution in [0.3, 0.4) is 0 Å². The first-order valence-electron chi connectivity index (χ1n) is 8.64. The van der Waals surface area contributed by atoms with Gasteiger partial charge in [-0.3, -0.25) is 15.1 Å². The number of hydrogen-bond donors (Lipinski definition) is 2. The lowest BCUT2D eigenvalue weighted by Crippen LogP contribution is -2.37. The minimum absolute atomic E-state index is 0.0374. The molecule has 0 saturated carbocycles. The van der Waals surface area contributed by atoms with E-state index in [1.54, 1.807) is 0 Å². The van der Waals surface area contributed by atoms with Crippen LogP contribution in [-0.2, 0) is 30.6 Å². The van der Waals surface area contributed by atoms with E-state index in [9.17, 15) is 26.4 Å². The lowest BCUT2D eigenvalue weighted by Gasteiger charge is -2.26. The Morgan fingerprint density at radius 3 is 2.69 bits per heavy atom. The molecule has 1 heterocycles. The average molecular weight is 437 g/mol. The summed E-state index contributed by atoms with van der Waals surface area (Å²) in [5, 5.41) is 2.57. The average Bonchev–Trinajstić information content (AvgIpc) is 2.68. The highest BCUT2D eigenvalue weighted by atomic mass is 32.2. The second-order valence-electron chi connectivity index (χ2n) is 6.10. The van der Waals surface area contributed by atoms with Gasteiger partial charge < -0.3 is 10.1 Å². The molecular formula is C17H22F3N3O5S. The van der Waals surface area contributed by atoms with Crippen molar-refractivity contribution in [3.8, 4) is 0 Å². The van der Waals surface area contributed by atoms with E-state index in [0.717, 1.165) is 22.5 Å². The molecule has 2 rings (SSSR count). The van der Waals surface area contributed by atoms with Crippen LogP contribution in [0.1, 0.15) is 12.0 Å². The van der Waals surface area contributed by atoms with Gasteiger partial charge in [0.25, 0.3) is 0 Å². The molecule has 0 radical (unpaired) electrons. The van der Waals surface area contributed by atoms with E-state index in [2.05, 4.69) is 10.8 Å². The van der Waals surface area contributed by atoms with Crippen molar-refractivity contribution >= 4 is 15.9 Å². The van der Waals surface area contributed by atoms with Gasteiger partial charge >= 0.3 is 6.18 Å². The van der Waals surface area contributed by atoms with Crippen LogP contribution in [-0.4, -0.2) is 58.6 Å². The Labute approximate surface area is 166 Å². The fourth-order valence-electron chi connectivity index (χ4n) is 2.48. The maximum absolute atomic E-state index is 12.8. The van der Waals surface area contributed by atoms with E-state index >= 15 is 0 Å². The Bertz CT molecular complexity index is 843. The fourth-order valence-corrected chi connectivity index (χ4v) is 3.91. The van der Waals surface area contributed by atoms with Crippen LogP contribution >= 0.6 is 0 Å². The van der Waals surface area contributed by atoms with Crippen molar-refractivity contribution in [2.75, 3.05) is 40.0 Å². The van der Waals surface area contributed by atoms with Gasteiger partial charge in [0.15, 0.2) is 6.61 Å². The fraction of sp³-hybridized carbons (Fsp3) is 0.471. The molecular weight excluding hydrogens is 415 g/mol. The van der Waals surface area contributed by atoms with Gasteiger partial charge in [-0.05, 0) is 24.3 Å². The Kier molecular flexibility index (Phi) is 8.02. The zero-order valence-corrected chi connectivity index (χ0v) is 16.5. The van der Waals surface area contributed by atoms with Crippen LogP contribution in [0.5, 0.6) is 0 Å². The number of sulfonamides is 1. The first-order valence-corrected chi connectivity index (χ1v) is 10.1. The number of hydroxylamine groups is 1. The largest absolute Gasteiger partial charge is 0.416 e. The number of nitrogens with zero attached hydrogens (tertiary/aromatic N) is 1. The van der Waals surface area contributed by atoms with Crippen molar-refractivity contribution in [3.05, 3.63) is 41.6 Å². The van der Waals surface area contributed by atoms with Crippen LogP contribution in [0.4, 0.5) is 13.2 Å². The number of alkyl halides is 3. The third-order valence-electron chi connectivity index (χ3n) is 4.01. The van der Waals surface area contributed by atoms with Gasteiger partial charge in [-0.25, -0.2) is 8.42 Å². The normalized spacial score (nSPS) is 15.7. The SMILES string of the molecule is COCCNC(=O)CONC1=CCN(S(=O)(=O)c2cccc(C(F)(F)F)c2)CC1.